The second-order valence-corrected chi connectivity index (χ2v) is 3.84. The molecule has 0 aliphatic carbocycles. The summed E-state index contributed by atoms with van der Waals surface area (Å²) in [6.45, 7) is 0.844. The van der Waals surface area contributed by atoms with Gasteiger partial charge >= 0.3 is 0 Å². The molecule has 1 fully saturated rings. The number of aromatic nitrogens is 2. The van der Waals surface area contributed by atoms with Gasteiger partial charge in [0.1, 0.15) is 0 Å². The monoisotopic (exact) mass is 193 g/mol. The molecular formula is C10H15N3O. The van der Waals surface area contributed by atoms with Crippen molar-refractivity contribution >= 4 is 5.91 Å². The molecule has 4 heteroatoms. The standard InChI is InChI=1S/C10H15N3O/c1-13-7-8(6-12-13)2-3-9-4-5-11-10(9)14/h6-7,9H,2-5H2,1H3,(H,11,14). The molecule has 0 saturated carbocycles. The predicted octanol–water partition coefficient (Wildman–Crippen LogP) is 0.489. The summed E-state index contributed by atoms with van der Waals surface area (Å²) in [7, 11) is 1.91. The van der Waals surface area contributed by atoms with Crippen LogP contribution in [-0.2, 0) is 18.3 Å². The summed E-state index contributed by atoms with van der Waals surface area (Å²) in [4.78, 5) is 11.3. The molecule has 1 aliphatic heterocycles. The van der Waals surface area contributed by atoms with E-state index in [-0.39, 0.29) is 11.8 Å². The Morgan fingerprint density at radius 3 is 3.14 bits per heavy atom. The number of nitrogens with zero attached hydrogens (tertiary/aromatic N) is 2. The van der Waals surface area contributed by atoms with E-state index in [9.17, 15) is 4.79 Å². The first-order valence-corrected chi connectivity index (χ1v) is 5.01. The number of hydrogen-bond acceptors (Lipinski definition) is 2. The molecule has 0 radical (unpaired) electrons. The van der Waals surface area contributed by atoms with Crippen LogP contribution in [0.25, 0.3) is 0 Å². The lowest BCUT2D eigenvalue weighted by Gasteiger charge is -2.03. The Labute approximate surface area is 83.3 Å². The molecule has 1 saturated heterocycles. The molecule has 1 aliphatic rings. The molecule has 1 N–H and O–H groups in total. The maximum absolute atomic E-state index is 11.3. The maximum atomic E-state index is 11.3. The third kappa shape index (κ3) is 1.95. The number of rotatable bonds is 3. The minimum atomic E-state index is 0.217. The summed E-state index contributed by atoms with van der Waals surface area (Å²) in [5.74, 6) is 0.434. The quantitative estimate of drug-likeness (QED) is 0.759. The fourth-order valence-electron chi connectivity index (χ4n) is 1.86. The minimum Gasteiger partial charge on any atom is -0.356 e. The summed E-state index contributed by atoms with van der Waals surface area (Å²) in [5, 5.41) is 6.95. The lowest BCUT2D eigenvalue weighted by Crippen LogP contribution is -2.19. The third-order valence-electron chi connectivity index (χ3n) is 2.70. The van der Waals surface area contributed by atoms with Crippen LogP contribution in [0.5, 0.6) is 0 Å². The van der Waals surface area contributed by atoms with Crippen molar-refractivity contribution in [3.05, 3.63) is 18.0 Å². The smallest absolute Gasteiger partial charge is 0.223 e. The van der Waals surface area contributed by atoms with Crippen molar-refractivity contribution in [3.8, 4) is 0 Å². The summed E-state index contributed by atoms with van der Waals surface area (Å²) in [6.07, 6.45) is 6.75. The van der Waals surface area contributed by atoms with Crippen LogP contribution in [0.1, 0.15) is 18.4 Å². The summed E-state index contributed by atoms with van der Waals surface area (Å²) in [5.41, 5.74) is 1.22. The molecule has 1 aromatic rings. The van der Waals surface area contributed by atoms with Gasteiger partial charge in [0, 0.05) is 25.7 Å². The van der Waals surface area contributed by atoms with E-state index in [2.05, 4.69) is 10.4 Å². The minimum absolute atomic E-state index is 0.217. The first-order valence-electron chi connectivity index (χ1n) is 5.01. The molecule has 2 heterocycles. The zero-order valence-electron chi connectivity index (χ0n) is 8.36. The van der Waals surface area contributed by atoms with E-state index in [0.29, 0.717) is 0 Å². The van der Waals surface area contributed by atoms with E-state index in [1.165, 1.54) is 5.56 Å². The Hall–Kier alpha value is -1.32. The number of nitrogens with one attached hydrogen (secondary N) is 1. The molecule has 4 nitrogen and oxygen atoms in total. The van der Waals surface area contributed by atoms with Gasteiger partial charge in [0.15, 0.2) is 0 Å². The fraction of sp³-hybridized carbons (Fsp3) is 0.600. The van der Waals surface area contributed by atoms with Crippen LogP contribution in [0.3, 0.4) is 0 Å². The highest BCUT2D eigenvalue weighted by atomic mass is 16.2. The summed E-state index contributed by atoms with van der Waals surface area (Å²) < 4.78 is 1.80. The number of aryl methyl sites for hydroxylation is 2. The van der Waals surface area contributed by atoms with Gasteiger partial charge in [-0.3, -0.25) is 9.48 Å². The predicted molar refractivity (Wildman–Crippen MR) is 52.6 cm³/mol. The zero-order valence-corrected chi connectivity index (χ0v) is 8.36. The topological polar surface area (TPSA) is 46.9 Å². The molecule has 0 aromatic carbocycles. The van der Waals surface area contributed by atoms with Crippen LogP contribution in [0, 0.1) is 5.92 Å². The van der Waals surface area contributed by atoms with Gasteiger partial charge in [-0.2, -0.15) is 5.10 Å². The van der Waals surface area contributed by atoms with E-state index in [1.807, 2.05) is 19.4 Å². The van der Waals surface area contributed by atoms with Crippen LogP contribution < -0.4 is 5.32 Å². The third-order valence-corrected chi connectivity index (χ3v) is 2.70. The lowest BCUT2D eigenvalue weighted by molar-refractivity contribution is -0.122. The van der Waals surface area contributed by atoms with Crippen LogP contribution in [-0.4, -0.2) is 22.2 Å². The number of amides is 1. The van der Waals surface area contributed by atoms with E-state index in [1.54, 1.807) is 4.68 Å². The van der Waals surface area contributed by atoms with Gasteiger partial charge in [-0.1, -0.05) is 0 Å². The van der Waals surface area contributed by atoms with Crippen LogP contribution in [0.15, 0.2) is 12.4 Å². The second-order valence-electron chi connectivity index (χ2n) is 3.84. The van der Waals surface area contributed by atoms with E-state index in [0.717, 1.165) is 25.8 Å². The van der Waals surface area contributed by atoms with E-state index in [4.69, 9.17) is 0 Å². The van der Waals surface area contributed by atoms with Gasteiger partial charge in [-0.05, 0) is 24.8 Å². The van der Waals surface area contributed by atoms with Gasteiger partial charge in [0.05, 0.1) is 6.20 Å². The van der Waals surface area contributed by atoms with Crippen LogP contribution in [0.4, 0.5) is 0 Å². The zero-order chi connectivity index (χ0) is 9.97. The highest BCUT2D eigenvalue weighted by molar-refractivity contribution is 5.80. The molecule has 76 valence electrons. The maximum Gasteiger partial charge on any atom is 0.223 e. The van der Waals surface area contributed by atoms with Gasteiger partial charge in [0.2, 0.25) is 5.91 Å². The van der Waals surface area contributed by atoms with E-state index >= 15 is 0 Å². The number of carbonyl (C=O) groups is 1. The Bertz CT molecular complexity index is 332. The van der Waals surface area contributed by atoms with Crippen LogP contribution in [0.2, 0.25) is 0 Å². The van der Waals surface area contributed by atoms with Gasteiger partial charge in [-0.15, -0.1) is 0 Å². The lowest BCUT2D eigenvalue weighted by atomic mass is 10.00. The normalized spacial score (nSPS) is 21.2. The van der Waals surface area contributed by atoms with Gasteiger partial charge < -0.3 is 5.32 Å². The highest BCUT2D eigenvalue weighted by Gasteiger charge is 2.23. The first kappa shape index (κ1) is 9.24. The van der Waals surface area contributed by atoms with Crippen molar-refractivity contribution in [2.24, 2.45) is 13.0 Å². The van der Waals surface area contributed by atoms with Crippen LogP contribution >= 0.6 is 0 Å². The average Bonchev–Trinajstić information content (AvgIpc) is 2.72. The fourth-order valence-corrected chi connectivity index (χ4v) is 1.86. The van der Waals surface area contributed by atoms with E-state index < -0.39 is 0 Å². The molecular weight excluding hydrogens is 178 g/mol. The van der Waals surface area contributed by atoms with Crippen molar-refractivity contribution in [1.82, 2.24) is 15.1 Å². The Morgan fingerprint density at radius 2 is 2.57 bits per heavy atom. The van der Waals surface area contributed by atoms with Crippen molar-refractivity contribution < 1.29 is 4.79 Å². The van der Waals surface area contributed by atoms with Crippen molar-refractivity contribution in [2.45, 2.75) is 19.3 Å². The largest absolute Gasteiger partial charge is 0.356 e. The molecule has 14 heavy (non-hydrogen) atoms. The Balaban J connectivity index is 1.85. The summed E-state index contributed by atoms with van der Waals surface area (Å²) in [6, 6.07) is 0. The SMILES string of the molecule is Cn1cc(CCC2CCNC2=O)cn1. The Kier molecular flexibility index (Phi) is 2.52. The Morgan fingerprint density at radius 1 is 1.71 bits per heavy atom. The molecule has 1 atom stereocenters. The van der Waals surface area contributed by atoms with Gasteiger partial charge in [-0.25, -0.2) is 0 Å². The van der Waals surface area contributed by atoms with Crippen molar-refractivity contribution in [3.63, 3.8) is 0 Å². The molecule has 2 rings (SSSR count). The number of carbonyl (C=O) groups excluding carboxylic acids is 1. The molecule has 1 amide bonds. The second kappa shape index (κ2) is 3.82. The average molecular weight is 193 g/mol. The van der Waals surface area contributed by atoms with Gasteiger partial charge in [0.25, 0.3) is 0 Å². The van der Waals surface area contributed by atoms with Crippen molar-refractivity contribution in [2.75, 3.05) is 6.54 Å². The molecule has 0 spiro atoms. The summed E-state index contributed by atoms with van der Waals surface area (Å²) >= 11 is 0. The molecule has 1 aromatic heterocycles. The molecule has 0 bridgehead atoms. The van der Waals surface area contributed by atoms with Crippen molar-refractivity contribution in [1.29, 1.82) is 0 Å². The molecule has 1 unspecified atom stereocenters. The first-order chi connectivity index (χ1) is 6.75. The number of hydrogen-bond donors (Lipinski definition) is 1. The highest BCUT2D eigenvalue weighted by Crippen LogP contribution is 2.16.